The molecule has 0 aromatic heterocycles. The van der Waals surface area contributed by atoms with Gasteiger partial charge in [-0.25, -0.2) is 0 Å². The van der Waals surface area contributed by atoms with Crippen molar-refractivity contribution in [3.05, 3.63) is 11.8 Å². The number of hydrogen-bond donors (Lipinski definition) is 0. The lowest BCUT2D eigenvalue weighted by atomic mass is 9.90. The van der Waals surface area contributed by atoms with Crippen LogP contribution in [0.25, 0.3) is 0 Å². The maximum atomic E-state index is 5.34. The van der Waals surface area contributed by atoms with Crippen molar-refractivity contribution in [3.63, 3.8) is 0 Å². The van der Waals surface area contributed by atoms with Gasteiger partial charge in [0.05, 0.1) is 13.2 Å². The van der Waals surface area contributed by atoms with Gasteiger partial charge in [-0.3, -0.25) is 0 Å². The third kappa shape index (κ3) is 2.73. The summed E-state index contributed by atoms with van der Waals surface area (Å²) in [5.41, 5.74) is 1.70. The Balaban J connectivity index is 2.66. The first-order chi connectivity index (χ1) is 6.05. The summed E-state index contributed by atoms with van der Waals surface area (Å²) < 4.78 is 5.34. The Hall–Kier alpha value is -0.500. The minimum atomic E-state index is 0.256. The van der Waals surface area contributed by atoms with Crippen molar-refractivity contribution >= 4 is 0 Å². The summed E-state index contributed by atoms with van der Waals surface area (Å²) >= 11 is 0. The molecule has 0 bridgehead atoms. The summed E-state index contributed by atoms with van der Waals surface area (Å²) in [6.07, 6.45) is 2.23. The molecule has 13 heavy (non-hydrogen) atoms. The van der Waals surface area contributed by atoms with Crippen LogP contribution in [0.1, 0.15) is 27.7 Å². The minimum absolute atomic E-state index is 0.256. The lowest BCUT2D eigenvalue weighted by Crippen LogP contribution is -2.39. The average Bonchev–Trinajstić information content (AvgIpc) is 2.05. The molecule has 0 spiro atoms. The van der Waals surface area contributed by atoms with Crippen molar-refractivity contribution in [1.82, 2.24) is 4.90 Å². The number of morpholine rings is 1. The highest BCUT2D eigenvalue weighted by molar-refractivity contribution is 5.09. The maximum Gasteiger partial charge on any atom is 0.0642 e. The largest absolute Gasteiger partial charge is 0.378 e. The first-order valence-corrected chi connectivity index (χ1v) is 5.05. The molecular weight excluding hydrogens is 162 g/mol. The summed E-state index contributed by atoms with van der Waals surface area (Å²) in [6.45, 7) is 12.7. The summed E-state index contributed by atoms with van der Waals surface area (Å²) in [6, 6.07) is 0. The van der Waals surface area contributed by atoms with Gasteiger partial charge < -0.3 is 9.64 Å². The molecular formula is C11H21NO. The molecule has 1 aliphatic heterocycles. The van der Waals surface area contributed by atoms with Crippen molar-refractivity contribution < 1.29 is 4.74 Å². The van der Waals surface area contributed by atoms with E-state index in [1.807, 2.05) is 0 Å². The average molecular weight is 183 g/mol. The van der Waals surface area contributed by atoms with Gasteiger partial charge >= 0.3 is 0 Å². The predicted octanol–water partition coefficient (Wildman–Crippen LogP) is 2.27. The fraction of sp³-hybridized carbons (Fsp3) is 0.818. The predicted molar refractivity (Wildman–Crippen MR) is 55.6 cm³/mol. The molecule has 1 fully saturated rings. The molecule has 0 radical (unpaired) electrons. The van der Waals surface area contributed by atoms with E-state index in [9.17, 15) is 0 Å². The minimum Gasteiger partial charge on any atom is -0.378 e. The van der Waals surface area contributed by atoms with E-state index < -0.39 is 0 Å². The van der Waals surface area contributed by atoms with Crippen LogP contribution in [-0.4, -0.2) is 31.2 Å². The molecule has 0 aliphatic carbocycles. The third-order valence-corrected chi connectivity index (χ3v) is 2.39. The number of ether oxygens (including phenoxy) is 1. The Morgan fingerprint density at radius 1 is 1.23 bits per heavy atom. The summed E-state index contributed by atoms with van der Waals surface area (Å²) in [5, 5.41) is 0. The van der Waals surface area contributed by atoms with Crippen LogP contribution in [0.4, 0.5) is 0 Å². The van der Waals surface area contributed by atoms with Gasteiger partial charge in [-0.05, 0) is 6.92 Å². The van der Waals surface area contributed by atoms with Crippen LogP contribution in [0.3, 0.4) is 0 Å². The molecule has 0 aromatic rings. The normalized spacial score (nSPS) is 20.6. The van der Waals surface area contributed by atoms with Crippen molar-refractivity contribution in [3.8, 4) is 0 Å². The molecule has 1 aliphatic rings. The topological polar surface area (TPSA) is 12.5 Å². The first-order valence-electron chi connectivity index (χ1n) is 5.05. The Bertz CT molecular complexity index is 185. The van der Waals surface area contributed by atoms with Crippen LogP contribution in [0.2, 0.25) is 0 Å². The zero-order chi connectivity index (χ0) is 9.90. The molecule has 0 atom stereocenters. The standard InChI is InChI=1S/C11H21NO/c1-5-10(11(2,3)4)12-6-8-13-9-7-12/h5H,6-9H2,1-4H3/b10-5-. The Labute approximate surface area is 81.6 Å². The Morgan fingerprint density at radius 2 is 1.77 bits per heavy atom. The van der Waals surface area contributed by atoms with Gasteiger partial charge in [-0.2, -0.15) is 0 Å². The summed E-state index contributed by atoms with van der Waals surface area (Å²) in [5.74, 6) is 0. The van der Waals surface area contributed by atoms with Gasteiger partial charge in [0.2, 0.25) is 0 Å². The number of hydrogen-bond acceptors (Lipinski definition) is 2. The third-order valence-electron chi connectivity index (χ3n) is 2.39. The monoisotopic (exact) mass is 183 g/mol. The summed E-state index contributed by atoms with van der Waals surface area (Å²) in [4.78, 5) is 2.43. The number of rotatable bonds is 1. The van der Waals surface area contributed by atoms with E-state index in [0.717, 1.165) is 26.3 Å². The van der Waals surface area contributed by atoms with E-state index in [4.69, 9.17) is 4.74 Å². The second-order valence-electron chi connectivity index (χ2n) is 4.52. The van der Waals surface area contributed by atoms with Gasteiger partial charge in [0.15, 0.2) is 0 Å². The van der Waals surface area contributed by atoms with Crippen LogP contribution in [0.15, 0.2) is 11.8 Å². The van der Waals surface area contributed by atoms with Crippen LogP contribution in [0.5, 0.6) is 0 Å². The highest BCUT2D eigenvalue weighted by Crippen LogP contribution is 2.28. The van der Waals surface area contributed by atoms with E-state index >= 15 is 0 Å². The lowest BCUT2D eigenvalue weighted by molar-refractivity contribution is 0.0446. The van der Waals surface area contributed by atoms with E-state index in [1.165, 1.54) is 5.70 Å². The molecule has 2 nitrogen and oxygen atoms in total. The highest BCUT2D eigenvalue weighted by atomic mass is 16.5. The molecule has 0 unspecified atom stereocenters. The van der Waals surface area contributed by atoms with E-state index in [1.54, 1.807) is 0 Å². The van der Waals surface area contributed by atoms with Crippen molar-refractivity contribution in [2.75, 3.05) is 26.3 Å². The molecule has 1 saturated heterocycles. The second-order valence-corrected chi connectivity index (χ2v) is 4.52. The first kappa shape index (κ1) is 10.6. The maximum absolute atomic E-state index is 5.34. The second kappa shape index (κ2) is 4.14. The van der Waals surface area contributed by atoms with Gasteiger partial charge in [-0.15, -0.1) is 0 Å². The molecule has 0 saturated carbocycles. The molecule has 0 amide bonds. The fourth-order valence-corrected chi connectivity index (χ4v) is 1.89. The van der Waals surface area contributed by atoms with Crippen molar-refractivity contribution in [1.29, 1.82) is 0 Å². The molecule has 76 valence electrons. The Kier molecular flexibility index (Phi) is 3.37. The van der Waals surface area contributed by atoms with Crippen molar-refractivity contribution in [2.24, 2.45) is 5.41 Å². The Morgan fingerprint density at radius 3 is 2.15 bits per heavy atom. The van der Waals surface area contributed by atoms with E-state index in [2.05, 4.69) is 38.7 Å². The van der Waals surface area contributed by atoms with Crippen LogP contribution in [0, 0.1) is 5.41 Å². The summed E-state index contributed by atoms with van der Waals surface area (Å²) in [7, 11) is 0. The lowest BCUT2D eigenvalue weighted by Gasteiger charge is -2.37. The van der Waals surface area contributed by atoms with E-state index in [-0.39, 0.29) is 5.41 Å². The zero-order valence-corrected chi connectivity index (χ0v) is 9.26. The van der Waals surface area contributed by atoms with Crippen LogP contribution >= 0.6 is 0 Å². The van der Waals surface area contributed by atoms with Gasteiger partial charge in [0.25, 0.3) is 0 Å². The van der Waals surface area contributed by atoms with E-state index in [0.29, 0.717) is 0 Å². The van der Waals surface area contributed by atoms with Gasteiger partial charge in [0.1, 0.15) is 0 Å². The van der Waals surface area contributed by atoms with Crippen molar-refractivity contribution in [2.45, 2.75) is 27.7 Å². The molecule has 0 N–H and O–H groups in total. The zero-order valence-electron chi connectivity index (χ0n) is 9.26. The fourth-order valence-electron chi connectivity index (χ4n) is 1.89. The van der Waals surface area contributed by atoms with Crippen LogP contribution in [-0.2, 0) is 4.74 Å². The smallest absolute Gasteiger partial charge is 0.0642 e. The quantitative estimate of drug-likeness (QED) is 0.618. The SMILES string of the molecule is C/C=C(\N1CCOCC1)C(C)(C)C. The van der Waals surface area contributed by atoms with Crippen LogP contribution < -0.4 is 0 Å². The van der Waals surface area contributed by atoms with Gasteiger partial charge in [0, 0.05) is 24.2 Å². The molecule has 1 rings (SSSR count). The molecule has 0 aromatic carbocycles. The highest BCUT2D eigenvalue weighted by Gasteiger charge is 2.23. The number of nitrogens with zero attached hydrogens (tertiary/aromatic N) is 1. The number of allylic oxidation sites excluding steroid dienone is 2. The molecule has 1 heterocycles. The van der Waals surface area contributed by atoms with Gasteiger partial charge in [-0.1, -0.05) is 26.8 Å². The molecule has 2 heteroatoms.